The Bertz CT molecular complexity index is 629. The lowest BCUT2D eigenvalue weighted by atomic mass is 10.1. The van der Waals surface area contributed by atoms with E-state index in [9.17, 15) is 0 Å². The van der Waals surface area contributed by atoms with E-state index in [4.69, 9.17) is 10.3 Å². The molecule has 0 atom stereocenters. The third-order valence-electron chi connectivity index (χ3n) is 2.64. The minimum absolute atomic E-state index is 0.528. The van der Waals surface area contributed by atoms with Crippen molar-refractivity contribution in [2.24, 2.45) is 5.73 Å². The number of nitrogens with zero attached hydrogens (tertiary/aromatic N) is 2. The van der Waals surface area contributed by atoms with Gasteiger partial charge in [0.2, 0.25) is 5.82 Å². The summed E-state index contributed by atoms with van der Waals surface area (Å²) in [6.45, 7) is 0.532. The van der Waals surface area contributed by atoms with E-state index in [1.54, 1.807) is 11.3 Å². The molecule has 3 rings (SSSR count). The zero-order chi connectivity index (χ0) is 12.4. The lowest BCUT2D eigenvalue weighted by molar-refractivity contribution is 0.432. The van der Waals surface area contributed by atoms with Crippen LogP contribution in [0.2, 0.25) is 0 Å². The van der Waals surface area contributed by atoms with Crippen LogP contribution in [0.1, 0.15) is 5.56 Å². The van der Waals surface area contributed by atoms with Gasteiger partial charge in [-0.1, -0.05) is 17.3 Å². The molecule has 0 fully saturated rings. The summed E-state index contributed by atoms with van der Waals surface area (Å²) in [5, 5.41) is 7.95. The van der Waals surface area contributed by atoms with Gasteiger partial charge in [-0.3, -0.25) is 0 Å². The molecule has 0 aliphatic carbocycles. The first-order valence-electron chi connectivity index (χ1n) is 5.52. The molecule has 2 heterocycles. The summed E-state index contributed by atoms with van der Waals surface area (Å²) in [6.07, 6.45) is 0. The van der Waals surface area contributed by atoms with Gasteiger partial charge < -0.3 is 10.3 Å². The van der Waals surface area contributed by atoms with Crippen LogP contribution in [0.25, 0.3) is 22.8 Å². The Morgan fingerprint density at radius 3 is 2.61 bits per heavy atom. The highest BCUT2D eigenvalue weighted by Gasteiger charge is 2.10. The fourth-order valence-electron chi connectivity index (χ4n) is 1.63. The van der Waals surface area contributed by atoms with Crippen LogP contribution in [0.3, 0.4) is 0 Å². The summed E-state index contributed by atoms with van der Waals surface area (Å²) >= 11 is 1.61. The molecular weight excluding hydrogens is 246 g/mol. The summed E-state index contributed by atoms with van der Waals surface area (Å²) in [5.41, 5.74) is 8.52. The molecule has 2 N–H and O–H groups in total. The van der Waals surface area contributed by atoms with Gasteiger partial charge in [0.15, 0.2) is 0 Å². The van der Waals surface area contributed by atoms with Gasteiger partial charge in [0.05, 0.1) is 0 Å². The molecule has 18 heavy (non-hydrogen) atoms. The number of hydrogen-bond donors (Lipinski definition) is 1. The Hall–Kier alpha value is -1.98. The van der Waals surface area contributed by atoms with Crippen LogP contribution >= 0.6 is 11.3 Å². The molecule has 5 heteroatoms. The summed E-state index contributed by atoms with van der Waals surface area (Å²) < 4.78 is 5.26. The molecular formula is C13H11N3OS. The average molecular weight is 257 g/mol. The number of hydrogen-bond acceptors (Lipinski definition) is 5. The molecule has 0 bridgehead atoms. The fraction of sp³-hybridized carbons (Fsp3) is 0.0769. The molecule has 0 saturated heterocycles. The lowest BCUT2D eigenvalue weighted by Gasteiger charge is -1.96. The van der Waals surface area contributed by atoms with Crippen LogP contribution < -0.4 is 5.73 Å². The highest BCUT2D eigenvalue weighted by molar-refractivity contribution is 7.08. The van der Waals surface area contributed by atoms with E-state index in [2.05, 4.69) is 10.1 Å². The van der Waals surface area contributed by atoms with Crippen LogP contribution in [-0.4, -0.2) is 10.1 Å². The van der Waals surface area contributed by atoms with Crippen LogP contribution in [0.15, 0.2) is 45.6 Å². The molecule has 2 aromatic heterocycles. The summed E-state index contributed by atoms with van der Waals surface area (Å²) in [6, 6.07) is 9.77. The molecule has 1 aromatic carbocycles. The summed E-state index contributed by atoms with van der Waals surface area (Å²) in [7, 11) is 0. The molecule has 0 aliphatic rings. The van der Waals surface area contributed by atoms with E-state index in [0.717, 1.165) is 16.7 Å². The predicted octanol–water partition coefficient (Wildman–Crippen LogP) is 2.92. The topological polar surface area (TPSA) is 64.9 Å². The standard InChI is InChI=1S/C13H11N3OS/c14-7-9-1-3-10(4-2-9)13-15-12(16-17-13)11-5-6-18-8-11/h1-6,8H,7,14H2. The largest absolute Gasteiger partial charge is 0.334 e. The maximum atomic E-state index is 5.56. The normalized spacial score (nSPS) is 10.7. The van der Waals surface area contributed by atoms with E-state index in [-0.39, 0.29) is 0 Å². The third-order valence-corrected chi connectivity index (χ3v) is 3.33. The van der Waals surface area contributed by atoms with Gasteiger partial charge in [-0.15, -0.1) is 0 Å². The zero-order valence-corrected chi connectivity index (χ0v) is 10.4. The van der Waals surface area contributed by atoms with Gasteiger partial charge in [0.1, 0.15) is 0 Å². The SMILES string of the molecule is NCc1ccc(-c2nc(-c3ccsc3)no2)cc1. The second-order valence-corrected chi connectivity index (χ2v) is 4.62. The number of nitrogens with two attached hydrogens (primary N) is 1. The lowest BCUT2D eigenvalue weighted by Crippen LogP contribution is -1.95. The van der Waals surface area contributed by atoms with Crippen molar-refractivity contribution in [1.82, 2.24) is 10.1 Å². The quantitative estimate of drug-likeness (QED) is 0.783. The van der Waals surface area contributed by atoms with Crippen molar-refractivity contribution in [3.63, 3.8) is 0 Å². The van der Waals surface area contributed by atoms with Crippen molar-refractivity contribution in [2.75, 3.05) is 0 Å². The van der Waals surface area contributed by atoms with Crippen LogP contribution in [-0.2, 0) is 6.54 Å². The minimum Gasteiger partial charge on any atom is -0.334 e. The summed E-state index contributed by atoms with van der Waals surface area (Å²) in [4.78, 5) is 4.38. The molecule has 0 amide bonds. The van der Waals surface area contributed by atoms with E-state index >= 15 is 0 Å². The molecule has 90 valence electrons. The first-order valence-corrected chi connectivity index (χ1v) is 6.47. The number of aromatic nitrogens is 2. The predicted molar refractivity (Wildman–Crippen MR) is 70.9 cm³/mol. The Morgan fingerprint density at radius 1 is 1.11 bits per heavy atom. The van der Waals surface area contributed by atoms with Gasteiger partial charge in [-0.2, -0.15) is 16.3 Å². The minimum atomic E-state index is 0.528. The Morgan fingerprint density at radius 2 is 1.94 bits per heavy atom. The van der Waals surface area contributed by atoms with E-state index in [1.807, 2.05) is 41.1 Å². The van der Waals surface area contributed by atoms with Gasteiger partial charge in [-0.25, -0.2) is 0 Å². The number of thiophene rings is 1. The first kappa shape index (κ1) is 11.1. The highest BCUT2D eigenvalue weighted by Crippen LogP contribution is 2.23. The smallest absolute Gasteiger partial charge is 0.258 e. The van der Waals surface area contributed by atoms with Gasteiger partial charge in [0, 0.05) is 23.1 Å². The summed E-state index contributed by atoms with van der Waals surface area (Å²) in [5.74, 6) is 1.15. The van der Waals surface area contributed by atoms with Crippen molar-refractivity contribution in [1.29, 1.82) is 0 Å². The third kappa shape index (κ3) is 2.05. The second kappa shape index (κ2) is 4.72. The molecule has 0 spiro atoms. The van der Waals surface area contributed by atoms with Crippen molar-refractivity contribution in [3.05, 3.63) is 46.7 Å². The average Bonchev–Trinajstić information content (AvgIpc) is 3.09. The van der Waals surface area contributed by atoms with E-state index < -0.39 is 0 Å². The van der Waals surface area contributed by atoms with Crippen molar-refractivity contribution < 1.29 is 4.52 Å². The van der Waals surface area contributed by atoms with E-state index in [1.165, 1.54) is 0 Å². The number of rotatable bonds is 3. The van der Waals surface area contributed by atoms with Crippen LogP contribution in [0.5, 0.6) is 0 Å². The van der Waals surface area contributed by atoms with Gasteiger partial charge >= 0.3 is 0 Å². The first-order chi connectivity index (χ1) is 8.86. The molecule has 0 aliphatic heterocycles. The van der Waals surface area contributed by atoms with E-state index in [0.29, 0.717) is 18.3 Å². The fourth-order valence-corrected chi connectivity index (χ4v) is 2.27. The van der Waals surface area contributed by atoms with Gasteiger partial charge in [-0.05, 0) is 29.1 Å². The monoisotopic (exact) mass is 257 g/mol. The Labute approximate surface area is 108 Å². The maximum absolute atomic E-state index is 5.56. The van der Waals surface area contributed by atoms with Gasteiger partial charge in [0.25, 0.3) is 5.89 Å². The Balaban J connectivity index is 1.92. The zero-order valence-electron chi connectivity index (χ0n) is 9.54. The van der Waals surface area contributed by atoms with Crippen LogP contribution in [0, 0.1) is 0 Å². The number of benzene rings is 1. The molecule has 0 saturated carbocycles. The van der Waals surface area contributed by atoms with Crippen molar-refractivity contribution >= 4 is 11.3 Å². The van der Waals surface area contributed by atoms with Crippen molar-refractivity contribution in [2.45, 2.75) is 6.54 Å². The maximum Gasteiger partial charge on any atom is 0.258 e. The second-order valence-electron chi connectivity index (χ2n) is 3.84. The molecule has 3 aromatic rings. The molecule has 4 nitrogen and oxygen atoms in total. The van der Waals surface area contributed by atoms with Crippen molar-refractivity contribution in [3.8, 4) is 22.8 Å². The van der Waals surface area contributed by atoms with Crippen LogP contribution in [0.4, 0.5) is 0 Å². The molecule has 0 radical (unpaired) electrons. The molecule has 0 unspecified atom stereocenters. The Kier molecular flexibility index (Phi) is 2.92. The highest BCUT2D eigenvalue weighted by atomic mass is 32.1.